The summed E-state index contributed by atoms with van der Waals surface area (Å²) in [5, 5.41) is 0. The van der Waals surface area contributed by atoms with E-state index in [0.29, 0.717) is 17.4 Å². The molecular formula is C16H20ClF. The molecule has 0 amide bonds. The molecule has 0 heterocycles. The predicted molar refractivity (Wildman–Crippen MR) is 76.4 cm³/mol. The Bertz CT molecular complexity index is 431. The average Bonchev–Trinajstić information content (AvgIpc) is 2.41. The fourth-order valence-corrected chi connectivity index (χ4v) is 3.01. The van der Waals surface area contributed by atoms with Crippen LogP contribution in [0.2, 0.25) is 0 Å². The summed E-state index contributed by atoms with van der Waals surface area (Å²) in [6.07, 6.45) is 8.23. The highest BCUT2D eigenvalue weighted by molar-refractivity contribution is 6.19. The lowest BCUT2D eigenvalue weighted by atomic mass is 9.83. The quantitative estimate of drug-likeness (QED) is 0.648. The van der Waals surface area contributed by atoms with Crippen LogP contribution < -0.4 is 0 Å². The van der Waals surface area contributed by atoms with Gasteiger partial charge in [-0.2, -0.15) is 0 Å². The molecule has 1 aromatic carbocycles. The molecule has 0 saturated heterocycles. The van der Waals surface area contributed by atoms with Crippen LogP contribution in [0.15, 0.2) is 23.8 Å². The molecule has 1 aliphatic carbocycles. The third-order valence-electron chi connectivity index (χ3n) is 3.78. The van der Waals surface area contributed by atoms with E-state index in [1.54, 1.807) is 6.07 Å². The topological polar surface area (TPSA) is 0 Å². The monoisotopic (exact) mass is 266 g/mol. The number of rotatable bonds is 3. The van der Waals surface area contributed by atoms with Crippen molar-refractivity contribution >= 4 is 17.7 Å². The minimum Gasteiger partial charge on any atom is -0.206 e. The van der Waals surface area contributed by atoms with Crippen molar-refractivity contribution < 1.29 is 4.39 Å². The Morgan fingerprint density at radius 1 is 1.33 bits per heavy atom. The summed E-state index contributed by atoms with van der Waals surface area (Å²) in [6.45, 7) is 1.98. The normalized spacial score (nSPS) is 18.1. The van der Waals surface area contributed by atoms with Gasteiger partial charge in [-0.25, -0.2) is 4.39 Å². The van der Waals surface area contributed by atoms with E-state index in [2.05, 4.69) is 0 Å². The van der Waals surface area contributed by atoms with Crippen LogP contribution in [0.1, 0.15) is 43.2 Å². The van der Waals surface area contributed by atoms with E-state index < -0.39 is 0 Å². The highest BCUT2D eigenvalue weighted by atomic mass is 35.5. The van der Waals surface area contributed by atoms with Gasteiger partial charge in [-0.3, -0.25) is 0 Å². The number of hydrogen-bond donors (Lipinski definition) is 0. The molecule has 0 radical (unpaired) electrons. The summed E-state index contributed by atoms with van der Waals surface area (Å²) in [4.78, 5) is 0. The van der Waals surface area contributed by atoms with Gasteiger partial charge in [0.25, 0.3) is 0 Å². The first kappa shape index (κ1) is 13.6. The molecule has 1 fully saturated rings. The summed E-state index contributed by atoms with van der Waals surface area (Å²) in [5.74, 6) is 0.910. The van der Waals surface area contributed by atoms with Crippen LogP contribution in [-0.2, 0) is 0 Å². The average molecular weight is 267 g/mol. The molecule has 0 atom stereocenters. The van der Waals surface area contributed by atoms with Gasteiger partial charge in [0, 0.05) is 11.4 Å². The van der Waals surface area contributed by atoms with Gasteiger partial charge in [0.2, 0.25) is 0 Å². The highest BCUT2D eigenvalue weighted by Crippen LogP contribution is 2.31. The lowest BCUT2D eigenvalue weighted by Crippen LogP contribution is -2.10. The van der Waals surface area contributed by atoms with Gasteiger partial charge >= 0.3 is 0 Å². The second-order valence-corrected chi connectivity index (χ2v) is 5.48. The number of aryl methyl sites for hydroxylation is 1. The van der Waals surface area contributed by atoms with E-state index in [1.807, 2.05) is 19.1 Å². The van der Waals surface area contributed by atoms with Crippen molar-refractivity contribution in [1.82, 2.24) is 0 Å². The molecule has 2 rings (SSSR count). The zero-order valence-corrected chi connectivity index (χ0v) is 11.6. The number of alkyl halides is 1. The van der Waals surface area contributed by atoms with Gasteiger partial charge in [0.15, 0.2) is 0 Å². The zero-order valence-electron chi connectivity index (χ0n) is 10.9. The summed E-state index contributed by atoms with van der Waals surface area (Å²) in [5.41, 5.74) is 2.96. The Labute approximate surface area is 114 Å². The highest BCUT2D eigenvalue weighted by Gasteiger charge is 2.17. The van der Waals surface area contributed by atoms with E-state index in [-0.39, 0.29) is 5.82 Å². The third-order valence-corrected chi connectivity index (χ3v) is 4.08. The molecule has 0 nitrogen and oxygen atoms in total. The van der Waals surface area contributed by atoms with Gasteiger partial charge in [-0.05, 0) is 37.8 Å². The van der Waals surface area contributed by atoms with Crippen molar-refractivity contribution in [2.75, 3.05) is 5.88 Å². The molecule has 0 bridgehead atoms. The van der Waals surface area contributed by atoms with Crippen LogP contribution in [0.25, 0.3) is 6.08 Å². The van der Waals surface area contributed by atoms with Crippen molar-refractivity contribution in [2.45, 2.75) is 39.0 Å². The minimum absolute atomic E-state index is 0.154. The van der Waals surface area contributed by atoms with E-state index in [4.69, 9.17) is 11.6 Å². The molecule has 1 aliphatic rings. The summed E-state index contributed by atoms with van der Waals surface area (Å²) >= 11 is 6.05. The van der Waals surface area contributed by atoms with Crippen LogP contribution in [0.4, 0.5) is 4.39 Å². The van der Waals surface area contributed by atoms with Crippen molar-refractivity contribution in [3.05, 3.63) is 40.7 Å². The Morgan fingerprint density at radius 2 is 2.06 bits per heavy atom. The van der Waals surface area contributed by atoms with E-state index >= 15 is 0 Å². The maximum absolute atomic E-state index is 13.7. The second-order valence-electron chi connectivity index (χ2n) is 5.21. The van der Waals surface area contributed by atoms with E-state index in [0.717, 1.165) is 5.56 Å². The first-order valence-corrected chi connectivity index (χ1v) is 7.26. The minimum atomic E-state index is -0.154. The van der Waals surface area contributed by atoms with Gasteiger partial charge in [0.05, 0.1) is 0 Å². The van der Waals surface area contributed by atoms with Crippen molar-refractivity contribution in [2.24, 2.45) is 5.92 Å². The number of halogens is 2. The number of hydrogen-bond acceptors (Lipinski definition) is 0. The fraction of sp³-hybridized carbons (Fsp3) is 0.500. The molecule has 0 N–H and O–H groups in total. The molecule has 0 aromatic heterocycles. The van der Waals surface area contributed by atoms with E-state index in [9.17, 15) is 4.39 Å². The second kappa shape index (κ2) is 6.38. The Kier molecular flexibility index (Phi) is 4.82. The van der Waals surface area contributed by atoms with Crippen molar-refractivity contribution in [3.63, 3.8) is 0 Å². The largest absolute Gasteiger partial charge is 0.206 e. The zero-order chi connectivity index (χ0) is 13.0. The van der Waals surface area contributed by atoms with Crippen molar-refractivity contribution in [3.8, 4) is 0 Å². The summed E-state index contributed by atoms with van der Waals surface area (Å²) in [7, 11) is 0. The van der Waals surface area contributed by atoms with Gasteiger partial charge in [0.1, 0.15) is 5.82 Å². The maximum atomic E-state index is 13.7. The molecule has 1 saturated carbocycles. The Balaban J connectivity index is 2.24. The Hall–Kier alpha value is -0.820. The molecule has 18 heavy (non-hydrogen) atoms. The first-order valence-electron chi connectivity index (χ1n) is 6.73. The summed E-state index contributed by atoms with van der Waals surface area (Å²) < 4.78 is 13.7. The smallest absolute Gasteiger partial charge is 0.130 e. The molecular weight excluding hydrogens is 247 g/mol. The third kappa shape index (κ3) is 3.35. The molecule has 98 valence electrons. The number of benzene rings is 1. The Morgan fingerprint density at radius 3 is 2.72 bits per heavy atom. The maximum Gasteiger partial charge on any atom is 0.130 e. The van der Waals surface area contributed by atoms with Crippen molar-refractivity contribution in [1.29, 1.82) is 0 Å². The van der Waals surface area contributed by atoms with Crippen LogP contribution in [-0.4, -0.2) is 5.88 Å². The lowest BCUT2D eigenvalue weighted by molar-refractivity contribution is 0.405. The lowest BCUT2D eigenvalue weighted by Gasteiger charge is -2.23. The standard InChI is InChI=1S/C16H20ClF/c1-12-7-8-16(18)14(9-12)10-15(11-17)13-5-3-2-4-6-13/h7-10,13H,2-6,11H2,1H3/b15-10-. The molecule has 0 unspecified atom stereocenters. The first-order chi connectivity index (χ1) is 8.70. The number of allylic oxidation sites excluding steroid dienone is 1. The van der Waals surface area contributed by atoms with Crippen LogP contribution in [0.5, 0.6) is 0 Å². The predicted octanol–water partition coefficient (Wildman–Crippen LogP) is 5.34. The molecule has 0 spiro atoms. The molecule has 2 heteroatoms. The SMILES string of the molecule is Cc1ccc(F)c(/C=C(/CCl)C2CCCCC2)c1. The fourth-order valence-electron chi connectivity index (χ4n) is 2.71. The van der Waals surface area contributed by atoms with Crippen LogP contribution in [0.3, 0.4) is 0 Å². The molecule has 0 aliphatic heterocycles. The van der Waals surface area contributed by atoms with E-state index in [1.165, 1.54) is 43.7 Å². The van der Waals surface area contributed by atoms with Gasteiger partial charge in [-0.1, -0.05) is 42.5 Å². The van der Waals surface area contributed by atoms with Crippen LogP contribution in [0, 0.1) is 18.7 Å². The van der Waals surface area contributed by atoms with Gasteiger partial charge in [-0.15, -0.1) is 11.6 Å². The summed E-state index contributed by atoms with van der Waals surface area (Å²) in [6, 6.07) is 5.23. The van der Waals surface area contributed by atoms with Gasteiger partial charge < -0.3 is 0 Å². The van der Waals surface area contributed by atoms with Crippen LogP contribution >= 0.6 is 11.6 Å². The molecule has 1 aromatic rings.